The molecule has 2 aromatic rings. The van der Waals surface area contributed by atoms with Gasteiger partial charge in [-0.05, 0) is 37.2 Å². The number of rotatable bonds is 2. The van der Waals surface area contributed by atoms with Crippen LogP contribution in [0.4, 0.5) is 0 Å². The molecule has 0 saturated carbocycles. The van der Waals surface area contributed by atoms with Gasteiger partial charge in [-0.15, -0.1) is 0 Å². The Bertz CT molecular complexity index is 755. The van der Waals surface area contributed by atoms with Crippen molar-refractivity contribution in [2.24, 2.45) is 0 Å². The molecule has 1 saturated heterocycles. The Hall–Kier alpha value is -0.910. The second-order valence-corrected chi connectivity index (χ2v) is 8.09. The van der Waals surface area contributed by atoms with E-state index < -0.39 is 11.2 Å². The van der Waals surface area contributed by atoms with Crippen LogP contribution in [0.25, 0.3) is 0 Å². The van der Waals surface area contributed by atoms with Gasteiger partial charge in [0.1, 0.15) is 11.9 Å². The van der Waals surface area contributed by atoms with Gasteiger partial charge in [-0.25, -0.2) is 0 Å². The van der Waals surface area contributed by atoms with Crippen molar-refractivity contribution in [2.45, 2.75) is 28.2 Å². The minimum Gasteiger partial charge on any atom is -0.606 e. The lowest BCUT2D eigenvalue weighted by molar-refractivity contribution is 0.176. The Morgan fingerprint density at radius 1 is 1.17 bits per heavy atom. The molecule has 0 radical (unpaired) electrons. The van der Waals surface area contributed by atoms with Crippen LogP contribution in [0.2, 0.25) is 10.0 Å². The van der Waals surface area contributed by atoms with Crippen molar-refractivity contribution in [1.29, 1.82) is 0 Å². The van der Waals surface area contributed by atoms with Crippen molar-refractivity contribution in [2.75, 3.05) is 13.1 Å². The van der Waals surface area contributed by atoms with Gasteiger partial charge in [-0.3, -0.25) is 0 Å². The average Bonchev–Trinajstić information content (AvgIpc) is 2.94. The summed E-state index contributed by atoms with van der Waals surface area (Å²) < 4.78 is 18.9. The number of benzene rings is 2. The van der Waals surface area contributed by atoms with E-state index in [9.17, 15) is 4.55 Å². The van der Waals surface area contributed by atoms with E-state index in [0.29, 0.717) is 25.8 Å². The summed E-state index contributed by atoms with van der Waals surface area (Å²) in [5.41, 5.74) is 1.22. The van der Waals surface area contributed by atoms with Crippen molar-refractivity contribution < 1.29 is 9.29 Å². The lowest BCUT2D eigenvalue weighted by Crippen LogP contribution is -2.39. The molecule has 0 spiro atoms. The van der Waals surface area contributed by atoms with Crippen LogP contribution in [0.5, 0.6) is 5.75 Å². The molecule has 2 aromatic carbocycles. The summed E-state index contributed by atoms with van der Waals surface area (Å²) >= 11 is 10.8. The van der Waals surface area contributed by atoms with Gasteiger partial charge in [-0.1, -0.05) is 23.2 Å². The van der Waals surface area contributed by atoms with Gasteiger partial charge in [0, 0.05) is 46.4 Å². The summed E-state index contributed by atoms with van der Waals surface area (Å²) in [5, 5.41) is 4.32. The maximum Gasteiger partial charge on any atom is 0.178 e. The zero-order valence-electron chi connectivity index (χ0n) is 12.2. The molecule has 2 aliphatic heterocycles. The average molecular weight is 368 g/mol. The van der Waals surface area contributed by atoms with Gasteiger partial charge in [0.25, 0.3) is 0 Å². The molecule has 0 aliphatic carbocycles. The molecular formula is C17H15Cl2NO2S. The summed E-state index contributed by atoms with van der Waals surface area (Å²) in [6, 6.07) is 10.8. The number of piperidine rings is 1. The molecular weight excluding hydrogens is 353 g/mol. The third-order valence-electron chi connectivity index (χ3n) is 4.40. The fourth-order valence-electron chi connectivity index (χ4n) is 3.26. The molecule has 23 heavy (non-hydrogen) atoms. The Kier molecular flexibility index (Phi) is 4.20. The Labute approximate surface area is 148 Å². The van der Waals surface area contributed by atoms with Gasteiger partial charge < -0.3 is 14.6 Å². The predicted molar refractivity (Wildman–Crippen MR) is 92.2 cm³/mol. The van der Waals surface area contributed by atoms with E-state index in [1.165, 1.54) is 5.56 Å². The van der Waals surface area contributed by atoms with Crippen LogP contribution in [0, 0.1) is 0 Å². The molecule has 2 heterocycles. The standard InChI is InChI=1S/C17H15Cl2NO2S/c18-10-1-4-14(19)17(7-10)23(21)11-2-3-12-13-5-6-20-9-16(13)22-15(12)8-11/h1-4,7-8,13,16,20H,5-6,9H2. The quantitative estimate of drug-likeness (QED) is 0.815. The molecule has 3 unspecified atom stereocenters. The molecule has 2 aliphatic rings. The predicted octanol–water partition coefficient (Wildman–Crippen LogP) is 4.00. The number of fused-ring (bicyclic) bond motifs is 3. The normalized spacial score (nSPS) is 23.8. The Balaban J connectivity index is 1.67. The maximum absolute atomic E-state index is 12.8. The van der Waals surface area contributed by atoms with E-state index in [0.717, 1.165) is 25.3 Å². The lowest BCUT2D eigenvalue weighted by Gasteiger charge is -2.24. The van der Waals surface area contributed by atoms with Crippen molar-refractivity contribution in [1.82, 2.24) is 5.32 Å². The van der Waals surface area contributed by atoms with Crippen molar-refractivity contribution in [3.63, 3.8) is 0 Å². The number of ether oxygens (including phenoxy) is 1. The van der Waals surface area contributed by atoms with Crippen LogP contribution in [-0.2, 0) is 11.2 Å². The van der Waals surface area contributed by atoms with Gasteiger partial charge >= 0.3 is 0 Å². The van der Waals surface area contributed by atoms with Crippen molar-refractivity contribution in [3.05, 3.63) is 52.0 Å². The molecule has 0 bridgehead atoms. The Morgan fingerprint density at radius 2 is 2.04 bits per heavy atom. The van der Waals surface area contributed by atoms with E-state index in [2.05, 4.69) is 5.32 Å². The van der Waals surface area contributed by atoms with E-state index in [1.54, 1.807) is 18.2 Å². The minimum atomic E-state index is -1.38. The monoisotopic (exact) mass is 367 g/mol. The highest BCUT2D eigenvalue weighted by Crippen LogP contribution is 2.43. The van der Waals surface area contributed by atoms with E-state index in [-0.39, 0.29) is 6.10 Å². The third-order valence-corrected chi connectivity index (χ3v) is 6.49. The van der Waals surface area contributed by atoms with Crippen LogP contribution in [0.15, 0.2) is 46.2 Å². The third kappa shape index (κ3) is 2.83. The number of nitrogens with one attached hydrogen (secondary N) is 1. The highest BCUT2D eigenvalue weighted by Gasteiger charge is 2.37. The summed E-state index contributed by atoms with van der Waals surface area (Å²) in [7, 11) is 0. The SMILES string of the molecule is [O-][S+](c1ccc2c(c1)OC1CNCCC21)c1cc(Cl)ccc1Cl. The van der Waals surface area contributed by atoms with E-state index >= 15 is 0 Å². The fourth-order valence-corrected chi connectivity index (χ4v) is 4.96. The molecule has 4 rings (SSSR count). The maximum atomic E-state index is 12.8. The van der Waals surface area contributed by atoms with Crippen LogP contribution >= 0.6 is 23.2 Å². The zero-order valence-corrected chi connectivity index (χ0v) is 14.5. The van der Waals surface area contributed by atoms with E-state index in [4.69, 9.17) is 27.9 Å². The van der Waals surface area contributed by atoms with Gasteiger partial charge in [-0.2, -0.15) is 0 Å². The molecule has 0 aromatic heterocycles. The van der Waals surface area contributed by atoms with Crippen LogP contribution in [0.3, 0.4) is 0 Å². The summed E-state index contributed by atoms with van der Waals surface area (Å²) in [5.74, 6) is 1.27. The van der Waals surface area contributed by atoms with Crippen LogP contribution in [-0.4, -0.2) is 23.7 Å². The lowest BCUT2D eigenvalue weighted by atomic mass is 9.90. The number of hydrogen-bond donors (Lipinski definition) is 1. The second-order valence-electron chi connectivity index (χ2n) is 5.80. The number of hydrogen-bond acceptors (Lipinski definition) is 3. The molecule has 3 nitrogen and oxygen atoms in total. The molecule has 6 heteroatoms. The molecule has 3 atom stereocenters. The molecule has 0 amide bonds. The smallest absolute Gasteiger partial charge is 0.178 e. The highest BCUT2D eigenvalue weighted by molar-refractivity contribution is 7.91. The van der Waals surface area contributed by atoms with Crippen LogP contribution < -0.4 is 10.1 Å². The van der Waals surface area contributed by atoms with Gasteiger partial charge in [0.15, 0.2) is 9.79 Å². The first kappa shape index (κ1) is 15.6. The summed E-state index contributed by atoms with van der Waals surface area (Å²) in [6.07, 6.45) is 1.25. The van der Waals surface area contributed by atoms with Gasteiger partial charge in [0.2, 0.25) is 0 Å². The zero-order chi connectivity index (χ0) is 16.0. The van der Waals surface area contributed by atoms with Crippen molar-refractivity contribution >= 4 is 34.4 Å². The fraction of sp³-hybridized carbons (Fsp3) is 0.294. The largest absolute Gasteiger partial charge is 0.606 e. The first-order valence-corrected chi connectivity index (χ1v) is 9.42. The first-order valence-electron chi connectivity index (χ1n) is 7.51. The first-order chi connectivity index (χ1) is 11.1. The number of halogens is 2. The summed E-state index contributed by atoms with van der Waals surface area (Å²) in [4.78, 5) is 1.20. The van der Waals surface area contributed by atoms with Crippen LogP contribution in [0.1, 0.15) is 17.9 Å². The van der Waals surface area contributed by atoms with Gasteiger partial charge in [0.05, 0.1) is 5.02 Å². The second kappa shape index (κ2) is 6.19. The topological polar surface area (TPSA) is 44.3 Å². The molecule has 120 valence electrons. The van der Waals surface area contributed by atoms with Crippen molar-refractivity contribution in [3.8, 4) is 5.75 Å². The molecule has 1 fully saturated rings. The minimum absolute atomic E-state index is 0.178. The highest BCUT2D eigenvalue weighted by atomic mass is 35.5. The summed E-state index contributed by atoms with van der Waals surface area (Å²) in [6.45, 7) is 1.87. The Morgan fingerprint density at radius 3 is 2.91 bits per heavy atom. The van der Waals surface area contributed by atoms with E-state index in [1.807, 2.05) is 18.2 Å². The molecule has 1 N–H and O–H groups in total.